The van der Waals surface area contributed by atoms with Crippen molar-refractivity contribution in [3.63, 3.8) is 0 Å². The number of Topliss-reactive ketones (excluding diaryl/α,β-unsaturated/α-hetero) is 1. The minimum absolute atomic E-state index is 0.0607. The van der Waals surface area contributed by atoms with Crippen molar-refractivity contribution in [1.82, 2.24) is 24.8 Å². The number of aryl methyl sites for hydroxylation is 1. The highest BCUT2D eigenvalue weighted by molar-refractivity contribution is 5.89. The lowest BCUT2D eigenvalue weighted by Gasteiger charge is -2.25. The van der Waals surface area contributed by atoms with Crippen molar-refractivity contribution in [2.75, 3.05) is 7.11 Å². The quantitative estimate of drug-likeness (QED) is 0.307. The highest BCUT2D eigenvalue weighted by Crippen LogP contribution is 2.33. The average Bonchev–Trinajstić information content (AvgIpc) is 3.40. The first-order valence-electron chi connectivity index (χ1n) is 12.4. The van der Waals surface area contributed by atoms with E-state index in [1.54, 1.807) is 22.2 Å². The van der Waals surface area contributed by atoms with Crippen LogP contribution in [0.25, 0.3) is 22.5 Å². The molecule has 2 aromatic heterocycles. The molecule has 9 nitrogen and oxygen atoms in total. The van der Waals surface area contributed by atoms with Crippen LogP contribution >= 0.6 is 0 Å². The van der Waals surface area contributed by atoms with Gasteiger partial charge in [0.1, 0.15) is 5.78 Å². The standard InChI is InChI=1S/C29H31N5O4/c1-6-23-15-22(28(37)38-5)16-26(36)33(23)18-20-11-13-21(14-12-20)24-9-7-8-10-25(24)27-30-31-32-34(27)29(3,4)17-19(2)35/h7-16H,6,17-18H2,1-5H3. The minimum atomic E-state index is -0.588. The Hall–Kier alpha value is -4.40. The number of carbonyl (C=O) groups is 2. The van der Waals surface area contributed by atoms with E-state index < -0.39 is 11.5 Å². The van der Waals surface area contributed by atoms with Gasteiger partial charge in [-0.2, -0.15) is 0 Å². The summed E-state index contributed by atoms with van der Waals surface area (Å²) in [6, 6.07) is 18.8. The van der Waals surface area contributed by atoms with E-state index in [2.05, 4.69) is 15.5 Å². The maximum absolute atomic E-state index is 12.8. The number of ether oxygens (including phenoxy) is 1. The molecule has 196 valence electrons. The van der Waals surface area contributed by atoms with Crippen LogP contribution in [0.3, 0.4) is 0 Å². The fourth-order valence-corrected chi connectivity index (χ4v) is 4.71. The van der Waals surface area contributed by atoms with Crippen molar-refractivity contribution < 1.29 is 14.3 Å². The smallest absolute Gasteiger partial charge is 0.338 e. The van der Waals surface area contributed by atoms with Gasteiger partial charge >= 0.3 is 5.97 Å². The number of methoxy groups -OCH3 is 1. The summed E-state index contributed by atoms with van der Waals surface area (Å²) in [6.45, 7) is 7.76. The van der Waals surface area contributed by atoms with E-state index in [0.717, 1.165) is 27.9 Å². The number of aromatic nitrogens is 5. The minimum Gasteiger partial charge on any atom is -0.465 e. The molecule has 0 saturated carbocycles. The van der Waals surface area contributed by atoms with Crippen LogP contribution in [-0.2, 0) is 28.0 Å². The topological polar surface area (TPSA) is 109 Å². The van der Waals surface area contributed by atoms with Crippen molar-refractivity contribution in [3.05, 3.63) is 87.8 Å². The second-order valence-corrected chi connectivity index (χ2v) is 9.85. The van der Waals surface area contributed by atoms with Gasteiger partial charge in [0.05, 0.1) is 24.8 Å². The van der Waals surface area contributed by atoms with Crippen molar-refractivity contribution in [2.45, 2.75) is 52.6 Å². The molecule has 0 aliphatic heterocycles. The molecule has 0 unspecified atom stereocenters. The highest BCUT2D eigenvalue weighted by atomic mass is 16.5. The van der Waals surface area contributed by atoms with Crippen molar-refractivity contribution >= 4 is 11.8 Å². The van der Waals surface area contributed by atoms with Crippen molar-refractivity contribution in [1.29, 1.82) is 0 Å². The van der Waals surface area contributed by atoms with Crippen molar-refractivity contribution in [2.24, 2.45) is 0 Å². The first-order chi connectivity index (χ1) is 18.1. The van der Waals surface area contributed by atoms with Crippen LogP contribution < -0.4 is 5.56 Å². The maximum atomic E-state index is 12.8. The van der Waals surface area contributed by atoms with E-state index in [-0.39, 0.29) is 16.9 Å². The molecular weight excluding hydrogens is 482 g/mol. The number of carbonyl (C=O) groups excluding carboxylic acids is 2. The van der Waals surface area contributed by atoms with E-state index in [1.807, 2.05) is 69.3 Å². The molecule has 38 heavy (non-hydrogen) atoms. The van der Waals surface area contributed by atoms with Crippen LogP contribution in [0.15, 0.2) is 65.5 Å². The number of ketones is 1. The third kappa shape index (κ3) is 5.46. The monoisotopic (exact) mass is 513 g/mol. The fraction of sp³-hybridized carbons (Fsp3) is 0.310. The van der Waals surface area contributed by atoms with Gasteiger partial charge in [0, 0.05) is 23.7 Å². The number of hydrogen-bond donors (Lipinski definition) is 0. The van der Waals surface area contributed by atoms with Gasteiger partial charge < -0.3 is 9.30 Å². The Labute approximate surface area is 221 Å². The van der Waals surface area contributed by atoms with Crippen molar-refractivity contribution in [3.8, 4) is 22.5 Å². The summed E-state index contributed by atoms with van der Waals surface area (Å²) in [5.41, 5.74) is 3.88. The molecule has 0 atom stereocenters. The number of benzene rings is 2. The molecule has 0 saturated heterocycles. The number of tetrazole rings is 1. The molecule has 0 bridgehead atoms. The van der Waals surface area contributed by atoms with E-state index in [4.69, 9.17) is 4.74 Å². The molecule has 0 N–H and O–H groups in total. The third-order valence-corrected chi connectivity index (χ3v) is 6.50. The molecular formula is C29H31N5O4. The molecule has 0 aliphatic rings. The SMILES string of the molecule is CCc1cc(C(=O)OC)cc(=O)n1Cc1ccc(-c2ccccc2-c2nnnn2C(C)(C)CC(C)=O)cc1. The maximum Gasteiger partial charge on any atom is 0.338 e. The second-order valence-electron chi connectivity index (χ2n) is 9.85. The van der Waals surface area contributed by atoms with Gasteiger partial charge in [-0.3, -0.25) is 9.59 Å². The van der Waals surface area contributed by atoms with Gasteiger partial charge in [-0.05, 0) is 60.4 Å². The number of nitrogens with zero attached hydrogens (tertiary/aromatic N) is 5. The normalized spacial score (nSPS) is 11.4. The van der Waals surface area contributed by atoms with Crippen LogP contribution in [0.5, 0.6) is 0 Å². The van der Waals surface area contributed by atoms with E-state index in [9.17, 15) is 14.4 Å². The van der Waals surface area contributed by atoms with Crippen LogP contribution in [0.4, 0.5) is 0 Å². The number of rotatable bonds is 9. The van der Waals surface area contributed by atoms with Crippen LogP contribution in [0, 0.1) is 0 Å². The Morgan fingerprint density at radius 3 is 2.32 bits per heavy atom. The average molecular weight is 514 g/mol. The zero-order valence-corrected chi connectivity index (χ0v) is 22.3. The molecule has 0 aliphatic carbocycles. The Kier molecular flexibility index (Phi) is 7.66. The van der Waals surface area contributed by atoms with Gasteiger partial charge in [-0.25, -0.2) is 9.48 Å². The predicted molar refractivity (Wildman–Crippen MR) is 144 cm³/mol. The Morgan fingerprint density at radius 1 is 1.00 bits per heavy atom. The zero-order valence-electron chi connectivity index (χ0n) is 22.3. The second kappa shape index (κ2) is 10.9. The number of esters is 1. The van der Waals surface area contributed by atoms with Crippen LogP contribution in [-0.4, -0.2) is 43.6 Å². The Balaban J connectivity index is 1.67. The summed E-state index contributed by atoms with van der Waals surface area (Å²) in [7, 11) is 1.30. The Morgan fingerprint density at radius 2 is 1.68 bits per heavy atom. The summed E-state index contributed by atoms with van der Waals surface area (Å²) in [5, 5.41) is 12.4. The fourth-order valence-electron chi connectivity index (χ4n) is 4.71. The lowest BCUT2D eigenvalue weighted by Crippen LogP contribution is -2.30. The number of hydrogen-bond acceptors (Lipinski definition) is 7. The molecule has 2 heterocycles. The summed E-state index contributed by atoms with van der Waals surface area (Å²) < 4.78 is 8.14. The molecule has 9 heteroatoms. The highest BCUT2D eigenvalue weighted by Gasteiger charge is 2.28. The molecule has 2 aromatic carbocycles. The van der Waals surface area contributed by atoms with Gasteiger partial charge in [-0.1, -0.05) is 55.5 Å². The van der Waals surface area contributed by atoms with Gasteiger partial charge in [0.2, 0.25) is 0 Å². The number of pyridine rings is 1. The zero-order chi connectivity index (χ0) is 27.4. The summed E-state index contributed by atoms with van der Waals surface area (Å²) >= 11 is 0. The van der Waals surface area contributed by atoms with Crippen LogP contribution in [0.1, 0.15) is 55.7 Å². The first kappa shape index (κ1) is 26.7. The molecule has 0 fully saturated rings. The third-order valence-electron chi connectivity index (χ3n) is 6.50. The largest absolute Gasteiger partial charge is 0.465 e. The molecule has 4 rings (SSSR count). The first-order valence-corrected chi connectivity index (χ1v) is 12.4. The van der Waals surface area contributed by atoms with E-state index in [1.165, 1.54) is 13.2 Å². The predicted octanol–water partition coefficient (Wildman–Crippen LogP) is 4.28. The summed E-state index contributed by atoms with van der Waals surface area (Å²) in [6.07, 6.45) is 0.905. The summed E-state index contributed by atoms with van der Waals surface area (Å²) in [5.74, 6) is 0.119. The van der Waals surface area contributed by atoms with Gasteiger partial charge in [-0.15, -0.1) is 5.10 Å². The molecule has 4 aromatic rings. The lowest BCUT2D eigenvalue weighted by atomic mass is 9.95. The lowest BCUT2D eigenvalue weighted by molar-refractivity contribution is -0.118. The van der Waals surface area contributed by atoms with Crippen LogP contribution in [0.2, 0.25) is 0 Å². The van der Waals surface area contributed by atoms with Gasteiger partial charge in [0.25, 0.3) is 5.56 Å². The van der Waals surface area contributed by atoms with E-state index >= 15 is 0 Å². The van der Waals surface area contributed by atoms with E-state index in [0.29, 0.717) is 25.2 Å². The molecule has 0 amide bonds. The Bertz CT molecular complexity index is 1530. The molecule has 0 spiro atoms. The van der Waals surface area contributed by atoms with Gasteiger partial charge in [0.15, 0.2) is 5.82 Å². The molecule has 0 radical (unpaired) electrons. The summed E-state index contributed by atoms with van der Waals surface area (Å²) in [4.78, 5) is 36.6.